The summed E-state index contributed by atoms with van der Waals surface area (Å²) in [5, 5.41) is 9.49. The number of amides is 1. The van der Waals surface area contributed by atoms with E-state index in [1.807, 2.05) is 0 Å². The molecule has 0 aliphatic rings. The molecule has 0 rings (SSSR count). The number of carbonyl (C=O) groups is 1. The van der Waals surface area contributed by atoms with Crippen LogP contribution in [0.1, 0.15) is 110 Å². The van der Waals surface area contributed by atoms with Crippen LogP contribution in [0.5, 0.6) is 0 Å². The van der Waals surface area contributed by atoms with Crippen LogP contribution in [0.3, 0.4) is 0 Å². The molecule has 3 heteroatoms. The molecule has 0 saturated heterocycles. The summed E-state index contributed by atoms with van der Waals surface area (Å²) in [6.45, 7) is 3.92. The number of hydrogen-bond acceptors (Lipinski definition) is 2. The van der Waals surface area contributed by atoms with Crippen molar-refractivity contribution >= 4 is 5.91 Å². The van der Waals surface area contributed by atoms with E-state index in [2.05, 4.69) is 6.92 Å². The molecule has 2 unspecified atom stereocenters. The van der Waals surface area contributed by atoms with E-state index in [1.165, 1.54) is 77.0 Å². The maximum Gasteiger partial charge on any atom is 0.223 e. The fraction of sp³-hybridized carbons (Fsp3) is 0.950. The summed E-state index contributed by atoms with van der Waals surface area (Å²) < 4.78 is 0. The first kappa shape index (κ1) is 22.4. The topological polar surface area (TPSA) is 63.3 Å². The normalized spacial score (nSPS) is 13.9. The first-order valence-electron chi connectivity index (χ1n) is 10.1. The molecule has 23 heavy (non-hydrogen) atoms. The molecular weight excluding hydrogens is 286 g/mol. The van der Waals surface area contributed by atoms with Crippen LogP contribution in [-0.2, 0) is 4.79 Å². The quantitative estimate of drug-likeness (QED) is 0.354. The van der Waals surface area contributed by atoms with Gasteiger partial charge in [0.1, 0.15) is 0 Å². The molecule has 0 saturated carbocycles. The Morgan fingerprint density at radius 2 is 1.13 bits per heavy atom. The molecule has 1 amide bonds. The Hall–Kier alpha value is -0.570. The Balaban J connectivity index is 3.23. The number of aliphatic hydroxyl groups excluding tert-OH is 1. The van der Waals surface area contributed by atoms with Gasteiger partial charge in [-0.3, -0.25) is 4.79 Å². The largest absolute Gasteiger partial charge is 0.393 e. The van der Waals surface area contributed by atoms with Crippen LogP contribution in [0.4, 0.5) is 0 Å². The lowest BCUT2D eigenvalue weighted by Gasteiger charge is -2.15. The highest BCUT2D eigenvalue weighted by atomic mass is 16.3. The summed E-state index contributed by atoms with van der Waals surface area (Å²) in [6.07, 6.45) is 18.7. The van der Waals surface area contributed by atoms with Gasteiger partial charge >= 0.3 is 0 Å². The Kier molecular flexibility index (Phi) is 15.9. The van der Waals surface area contributed by atoms with Crippen molar-refractivity contribution in [2.45, 2.75) is 116 Å². The molecule has 0 aromatic carbocycles. The van der Waals surface area contributed by atoms with Gasteiger partial charge in [0.05, 0.1) is 12.0 Å². The van der Waals surface area contributed by atoms with Crippen LogP contribution in [0.25, 0.3) is 0 Å². The van der Waals surface area contributed by atoms with Gasteiger partial charge in [-0.2, -0.15) is 0 Å². The number of rotatable bonds is 17. The maximum absolute atomic E-state index is 11.2. The Bertz CT molecular complexity index is 266. The molecule has 0 bridgehead atoms. The Labute approximate surface area is 144 Å². The highest BCUT2D eigenvalue weighted by Gasteiger charge is 2.19. The molecule has 0 radical (unpaired) electrons. The van der Waals surface area contributed by atoms with E-state index in [0.717, 1.165) is 19.3 Å². The van der Waals surface area contributed by atoms with Crippen molar-refractivity contribution < 1.29 is 9.90 Å². The van der Waals surface area contributed by atoms with Crippen molar-refractivity contribution in [3.05, 3.63) is 0 Å². The maximum atomic E-state index is 11.2. The number of aliphatic hydroxyl groups is 1. The predicted molar refractivity (Wildman–Crippen MR) is 99.3 cm³/mol. The molecule has 0 aliphatic heterocycles. The SMILES string of the molecule is CCCCCCCCCCCCCCCCC(C(N)=O)C(C)O. The van der Waals surface area contributed by atoms with E-state index in [1.54, 1.807) is 6.92 Å². The summed E-state index contributed by atoms with van der Waals surface area (Å²) in [5.74, 6) is -0.734. The van der Waals surface area contributed by atoms with E-state index in [9.17, 15) is 9.90 Å². The fourth-order valence-corrected chi connectivity index (χ4v) is 3.18. The first-order valence-corrected chi connectivity index (χ1v) is 10.1. The second-order valence-electron chi connectivity index (χ2n) is 7.13. The van der Waals surface area contributed by atoms with Gasteiger partial charge in [-0.25, -0.2) is 0 Å². The minimum Gasteiger partial charge on any atom is -0.393 e. The van der Waals surface area contributed by atoms with Crippen LogP contribution in [0, 0.1) is 5.92 Å². The van der Waals surface area contributed by atoms with Crippen LogP contribution >= 0.6 is 0 Å². The molecular formula is C20H41NO2. The minimum atomic E-state index is -0.616. The number of primary amides is 1. The van der Waals surface area contributed by atoms with Gasteiger partial charge in [-0.15, -0.1) is 0 Å². The molecule has 0 aromatic heterocycles. The second-order valence-corrected chi connectivity index (χ2v) is 7.13. The third-order valence-corrected chi connectivity index (χ3v) is 4.82. The fourth-order valence-electron chi connectivity index (χ4n) is 3.18. The summed E-state index contributed by atoms with van der Waals surface area (Å²) in [6, 6.07) is 0. The molecule has 0 aromatic rings. The summed E-state index contributed by atoms with van der Waals surface area (Å²) in [4.78, 5) is 11.2. The minimum absolute atomic E-state index is 0.366. The van der Waals surface area contributed by atoms with E-state index in [0.29, 0.717) is 0 Å². The van der Waals surface area contributed by atoms with Gasteiger partial charge in [-0.1, -0.05) is 96.8 Å². The van der Waals surface area contributed by atoms with Crippen LogP contribution < -0.4 is 5.73 Å². The standard InChI is InChI=1S/C20H41NO2/c1-3-4-5-6-7-8-9-10-11-12-13-14-15-16-17-19(18(2)22)20(21)23/h18-19,22H,3-17H2,1-2H3,(H2,21,23). The first-order chi connectivity index (χ1) is 11.1. The van der Waals surface area contributed by atoms with Gasteiger partial charge in [0.25, 0.3) is 0 Å². The van der Waals surface area contributed by atoms with Gasteiger partial charge in [0.15, 0.2) is 0 Å². The summed E-state index contributed by atoms with van der Waals surface area (Å²) >= 11 is 0. The van der Waals surface area contributed by atoms with E-state index in [4.69, 9.17) is 5.73 Å². The highest BCUT2D eigenvalue weighted by Crippen LogP contribution is 2.16. The second kappa shape index (κ2) is 16.3. The lowest BCUT2D eigenvalue weighted by Crippen LogP contribution is -2.31. The summed E-state index contributed by atoms with van der Waals surface area (Å²) in [7, 11) is 0. The monoisotopic (exact) mass is 327 g/mol. The highest BCUT2D eigenvalue weighted by molar-refractivity contribution is 5.77. The number of unbranched alkanes of at least 4 members (excludes halogenated alkanes) is 13. The zero-order chi connectivity index (χ0) is 17.3. The van der Waals surface area contributed by atoms with Gasteiger partial charge in [0, 0.05) is 0 Å². The van der Waals surface area contributed by atoms with Crippen molar-refractivity contribution in [3.63, 3.8) is 0 Å². The number of carbonyl (C=O) groups excluding carboxylic acids is 1. The molecule has 138 valence electrons. The third-order valence-electron chi connectivity index (χ3n) is 4.82. The summed E-state index contributed by atoms with van der Waals surface area (Å²) in [5.41, 5.74) is 5.29. The van der Waals surface area contributed by atoms with E-state index in [-0.39, 0.29) is 11.8 Å². The van der Waals surface area contributed by atoms with Gasteiger partial charge in [-0.05, 0) is 13.3 Å². The zero-order valence-corrected chi connectivity index (χ0v) is 15.7. The van der Waals surface area contributed by atoms with Crippen molar-refractivity contribution in [3.8, 4) is 0 Å². The zero-order valence-electron chi connectivity index (χ0n) is 15.7. The number of nitrogens with two attached hydrogens (primary N) is 1. The molecule has 3 N–H and O–H groups in total. The van der Waals surface area contributed by atoms with Crippen LogP contribution in [0.15, 0.2) is 0 Å². The van der Waals surface area contributed by atoms with Crippen molar-refractivity contribution in [2.75, 3.05) is 0 Å². The smallest absolute Gasteiger partial charge is 0.223 e. The van der Waals surface area contributed by atoms with Gasteiger partial charge < -0.3 is 10.8 Å². The van der Waals surface area contributed by atoms with Crippen molar-refractivity contribution in [1.29, 1.82) is 0 Å². The van der Waals surface area contributed by atoms with Crippen LogP contribution in [-0.4, -0.2) is 17.1 Å². The molecule has 0 fully saturated rings. The van der Waals surface area contributed by atoms with Crippen LogP contribution in [0.2, 0.25) is 0 Å². The van der Waals surface area contributed by atoms with Crippen molar-refractivity contribution in [2.24, 2.45) is 11.7 Å². The molecule has 0 spiro atoms. The lowest BCUT2D eigenvalue weighted by molar-refractivity contribution is -0.125. The Morgan fingerprint density at radius 3 is 1.43 bits per heavy atom. The molecule has 0 heterocycles. The Morgan fingerprint density at radius 1 is 0.783 bits per heavy atom. The van der Waals surface area contributed by atoms with E-state index < -0.39 is 6.10 Å². The lowest BCUT2D eigenvalue weighted by atomic mass is 9.95. The molecule has 2 atom stereocenters. The molecule has 3 nitrogen and oxygen atoms in total. The third kappa shape index (κ3) is 14.7. The average Bonchev–Trinajstić information content (AvgIpc) is 2.50. The van der Waals surface area contributed by atoms with Gasteiger partial charge in [0.2, 0.25) is 5.91 Å². The average molecular weight is 328 g/mol. The van der Waals surface area contributed by atoms with Crippen molar-refractivity contribution in [1.82, 2.24) is 0 Å². The predicted octanol–water partition coefficient (Wildman–Crippen LogP) is 5.34. The number of hydrogen-bond donors (Lipinski definition) is 2. The molecule has 0 aliphatic carbocycles. The van der Waals surface area contributed by atoms with E-state index >= 15 is 0 Å².